The number of rotatable bonds is 6. The molecule has 3 rings (SSSR count). The maximum absolute atomic E-state index is 11.4. The van der Waals surface area contributed by atoms with Crippen molar-refractivity contribution in [3.05, 3.63) is 64.3 Å². The van der Waals surface area contributed by atoms with Gasteiger partial charge in [-0.25, -0.2) is 0 Å². The molecule has 0 radical (unpaired) electrons. The van der Waals surface area contributed by atoms with E-state index in [0.717, 1.165) is 11.3 Å². The van der Waals surface area contributed by atoms with Crippen molar-refractivity contribution >= 4 is 17.3 Å². The highest BCUT2D eigenvalue weighted by Crippen LogP contribution is 2.29. The molecule has 24 heavy (non-hydrogen) atoms. The van der Waals surface area contributed by atoms with Crippen molar-refractivity contribution in [2.24, 2.45) is 0 Å². The predicted octanol–water partition coefficient (Wildman–Crippen LogP) is 3.81. The molecule has 0 fully saturated rings. The van der Waals surface area contributed by atoms with Gasteiger partial charge in [0.25, 0.3) is 0 Å². The normalized spacial score (nSPS) is 12.1. The van der Waals surface area contributed by atoms with Gasteiger partial charge in [0, 0.05) is 6.07 Å². The molecule has 7 heteroatoms. The zero-order valence-corrected chi connectivity index (χ0v) is 13.5. The van der Waals surface area contributed by atoms with Crippen molar-refractivity contribution < 1.29 is 9.66 Å². The van der Waals surface area contributed by atoms with Crippen molar-refractivity contribution in [3.63, 3.8) is 0 Å². The van der Waals surface area contributed by atoms with Crippen LogP contribution in [0, 0.1) is 10.1 Å². The standard InChI is InChI=1S/C17H18N4O3/c1-3-24-14-9-7-13(8-10-14)12(2)18-16-17(21(22)23)20-11-5-4-6-15(20)19-16/h4-12,18H,3H2,1-2H3/t12-/m1/s1. The van der Waals surface area contributed by atoms with Crippen molar-refractivity contribution in [1.29, 1.82) is 0 Å². The van der Waals surface area contributed by atoms with Crippen LogP contribution in [0.1, 0.15) is 25.5 Å². The lowest BCUT2D eigenvalue weighted by atomic mass is 10.1. The monoisotopic (exact) mass is 326 g/mol. The van der Waals surface area contributed by atoms with Gasteiger partial charge in [-0.2, -0.15) is 9.38 Å². The summed E-state index contributed by atoms with van der Waals surface area (Å²) in [6.07, 6.45) is 1.63. The summed E-state index contributed by atoms with van der Waals surface area (Å²) in [7, 11) is 0. The molecule has 7 nitrogen and oxygen atoms in total. The molecule has 3 aromatic rings. The van der Waals surface area contributed by atoms with Gasteiger partial charge in [0.1, 0.15) is 5.75 Å². The summed E-state index contributed by atoms with van der Waals surface area (Å²) in [5.41, 5.74) is 1.52. The van der Waals surface area contributed by atoms with Crippen LogP contribution in [0.4, 0.5) is 11.6 Å². The number of ether oxygens (including phenoxy) is 1. The van der Waals surface area contributed by atoms with E-state index in [1.165, 1.54) is 4.40 Å². The minimum absolute atomic E-state index is 0.0663. The van der Waals surface area contributed by atoms with Crippen LogP contribution in [0.3, 0.4) is 0 Å². The zero-order valence-electron chi connectivity index (χ0n) is 13.5. The summed E-state index contributed by atoms with van der Waals surface area (Å²) in [4.78, 5) is 15.3. The van der Waals surface area contributed by atoms with Gasteiger partial charge in [-0.15, -0.1) is 0 Å². The quantitative estimate of drug-likeness (QED) is 0.550. The van der Waals surface area contributed by atoms with Gasteiger partial charge in [-0.05, 0) is 42.5 Å². The highest BCUT2D eigenvalue weighted by Gasteiger charge is 2.23. The number of imidazole rings is 1. The molecule has 0 saturated heterocycles. The van der Waals surface area contributed by atoms with E-state index in [2.05, 4.69) is 10.3 Å². The molecule has 1 atom stereocenters. The molecule has 124 valence electrons. The lowest BCUT2D eigenvalue weighted by molar-refractivity contribution is -0.389. The summed E-state index contributed by atoms with van der Waals surface area (Å²) in [5, 5.41) is 14.6. The number of fused-ring (bicyclic) bond motifs is 1. The summed E-state index contributed by atoms with van der Waals surface area (Å²) in [6.45, 7) is 4.48. The van der Waals surface area contributed by atoms with Crippen molar-refractivity contribution in [1.82, 2.24) is 9.38 Å². The van der Waals surface area contributed by atoms with Gasteiger partial charge in [-0.3, -0.25) is 0 Å². The summed E-state index contributed by atoms with van der Waals surface area (Å²) in [5.74, 6) is 0.989. The van der Waals surface area contributed by atoms with Crippen LogP contribution in [-0.2, 0) is 0 Å². The molecule has 2 aromatic heterocycles. The third-order valence-electron chi connectivity index (χ3n) is 3.72. The zero-order chi connectivity index (χ0) is 17.1. The lowest BCUT2D eigenvalue weighted by Gasteiger charge is -2.14. The number of hydrogen-bond acceptors (Lipinski definition) is 5. The molecule has 1 aromatic carbocycles. The molecule has 0 unspecified atom stereocenters. The fourth-order valence-corrected chi connectivity index (χ4v) is 2.56. The number of nitrogens with zero attached hydrogens (tertiary/aromatic N) is 3. The Kier molecular flexibility index (Phi) is 4.33. The van der Waals surface area contributed by atoms with Crippen LogP contribution >= 0.6 is 0 Å². The molecule has 0 aliphatic rings. The van der Waals surface area contributed by atoms with Crippen LogP contribution < -0.4 is 10.1 Å². The molecule has 0 aliphatic heterocycles. The summed E-state index contributed by atoms with van der Waals surface area (Å²) in [6, 6.07) is 12.8. The number of anilines is 1. The highest BCUT2D eigenvalue weighted by atomic mass is 16.6. The Morgan fingerprint density at radius 1 is 1.29 bits per heavy atom. The Labute approximate surface area is 139 Å². The summed E-state index contributed by atoms with van der Waals surface area (Å²) < 4.78 is 6.89. The Morgan fingerprint density at radius 2 is 2.04 bits per heavy atom. The Hall–Kier alpha value is -3.09. The fourth-order valence-electron chi connectivity index (χ4n) is 2.56. The molecular formula is C17H18N4O3. The third kappa shape index (κ3) is 3.01. The van der Waals surface area contributed by atoms with Crippen molar-refractivity contribution in [3.8, 4) is 5.75 Å². The predicted molar refractivity (Wildman–Crippen MR) is 91.5 cm³/mol. The smallest absolute Gasteiger partial charge is 0.372 e. The van der Waals surface area contributed by atoms with Gasteiger partial charge in [-0.1, -0.05) is 18.2 Å². The van der Waals surface area contributed by atoms with Gasteiger partial charge < -0.3 is 20.2 Å². The second-order valence-corrected chi connectivity index (χ2v) is 5.34. The van der Waals surface area contributed by atoms with E-state index in [9.17, 15) is 10.1 Å². The maximum atomic E-state index is 11.4. The topological polar surface area (TPSA) is 81.7 Å². The van der Waals surface area contributed by atoms with E-state index in [1.807, 2.05) is 38.1 Å². The maximum Gasteiger partial charge on any atom is 0.372 e. The summed E-state index contributed by atoms with van der Waals surface area (Å²) >= 11 is 0. The fraction of sp³-hybridized carbons (Fsp3) is 0.235. The van der Waals surface area contributed by atoms with Crippen LogP contribution in [0.2, 0.25) is 0 Å². The molecule has 0 saturated carbocycles. The first-order valence-corrected chi connectivity index (χ1v) is 7.71. The minimum atomic E-state index is -0.423. The van der Waals surface area contributed by atoms with Crippen molar-refractivity contribution in [2.45, 2.75) is 19.9 Å². The number of benzene rings is 1. The van der Waals surface area contributed by atoms with Gasteiger partial charge in [0.15, 0.2) is 0 Å². The largest absolute Gasteiger partial charge is 0.494 e. The number of pyridine rings is 1. The molecule has 2 heterocycles. The average molecular weight is 326 g/mol. The number of hydrogen-bond donors (Lipinski definition) is 1. The molecule has 0 bridgehead atoms. The average Bonchev–Trinajstić information content (AvgIpc) is 2.93. The van der Waals surface area contributed by atoms with Gasteiger partial charge >= 0.3 is 5.82 Å². The minimum Gasteiger partial charge on any atom is -0.494 e. The van der Waals surface area contributed by atoms with E-state index in [-0.39, 0.29) is 17.7 Å². The van der Waals surface area contributed by atoms with Crippen LogP contribution in [0.15, 0.2) is 48.7 Å². The first-order chi connectivity index (χ1) is 11.6. The van der Waals surface area contributed by atoms with Crippen LogP contribution in [0.5, 0.6) is 5.75 Å². The third-order valence-corrected chi connectivity index (χ3v) is 3.72. The van der Waals surface area contributed by atoms with E-state index >= 15 is 0 Å². The lowest BCUT2D eigenvalue weighted by Crippen LogP contribution is -2.08. The highest BCUT2D eigenvalue weighted by molar-refractivity contribution is 5.62. The second kappa shape index (κ2) is 6.57. The molecule has 0 amide bonds. The molecule has 1 N–H and O–H groups in total. The second-order valence-electron chi connectivity index (χ2n) is 5.34. The first kappa shape index (κ1) is 15.8. The number of nitro groups is 1. The van der Waals surface area contributed by atoms with E-state index in [0.29, 0.717) is 12.3 Å². The Morgan fingerprint density at radius 3 is 2.71 bits per heavy atom. The molecule has 0 aliphatic carbocycles. The molecular weight excluding hydrogens is 308 g/mol. The van der Waals surface area contributed by atoms with E-state index in [1.54, 1.807) is 24.4 Å². The number of nitrogens with one attached hydrogen (secondary N) is 1. The first-order valence-electron chi connectivity index (χ1n) is 7.71. The van der Waals surface area contributed by atoms with E-state index < -0.39 is 4.92 Å². The van der Waals surface area contributed by atoms with Crippen molar-refractivity contribution in [2.75, 3.05) is 11.9 Å². The molecule has 0 spiro atoms. The Bertz CT molecular complexity index is 858. The number of aromatic nitrogens is 2. The Balaban J connectivity index is 1.88. The van der Waals surface area contributed by atoms with E-state index in [4.69, 9.17) is 4.74 Å². The van der Waals surface area contributed by atoms with Gasteiger partial charge in [0.05, 0.1) is 18.8 Å². The van der Waals surface area contributed by atoms with Gasteiger partial charge in [0.2, 0.25) is 11.5 Å². The van der Waals surface area contributed by atoms with Crippen LogP contribution in [0.25, 0.3) is 5.65 Å². The SMILES string of the molecule is CCOc1ccc([C@@H](C)Nc2nc3ccccn3c2[N+](=O)[O-])cc1. The van der Waals surface area contributed by atoms with Crippen LogP contribution in [-0.4, -0.2) is 20.9 Å².